The smallest absolute Gasteiger partial charge is 0.289 e. The number of oxazole rings is 1. The molecule has 0 spiro atoms. The van der Waals surface area contributed by atoms with Gasteiger partial charge in [0, 0.05) is 12.1 Å². The van der Waals surface area contributed by atoms with Crippen molar-refractivity contribution in [2.24, 2.45) is 0 Å². The van der Waals surface area contributed by atoms with Crippen LogP contribution in [0.4, 0.5) is 4.39 Å². The van der Waals surface area contributed by atoms with Crippen LogP contribution in [0.3, 0.4) is 0 Å². The number of rotatable bonds is 4. The molecular formula is C17H13FN2O2. The second-order valence-corrected chi connectivity index (χ2v) is 4.71. The van der Waals surface area contributed by atoms with Gasteiger partial charge >= 0.3 is 0 Å². The molecule has 1 N–H and O–H groups in total. The second-order valence-electron chi connectivity index (χ2n) is 4.71. The molecule has 0 fully saturated rings. The Bertz CT molecular complexity index is 767. The molecule has 0 saturated heterocycles. The van der Waals surface area contributed by atoms with Gasteiger partial charge in [-0.2, -0.15) is 0 Å². The number of hydrogen-bond donors (Lipinski definition) is 1. The van der Waals surface area contributed by atoms with Crippen LogP contribution in [0.25, 0.3) is 11.3 Å². The molecule has 22 heavy (non-hydrogen) atoms. The number of benzene rings is 2. The van der Waals surface area contributed by atoms with E-state index in [1.54, 1.807) is 12.1 Å². The van der Waals surface area contributed by atoms with Crippen LogP contribution in [0.15, 0.2) is 65.4 Å². The van der Waals surface area contributed by atoms with E-state index in [-0.39, 0.29) is 24.0 Å². The van der Waals surface area contributed by atoms with Crippen LogP contribution in [0, 0.1) is 5.82 Å². The average Bonchev–Trinajstić information content (AvgIpc) is 3.04. The lowest BCUT2D eigenvalue weighted by atomic mass is 10.1. The lowest BCUT2D eigenvalue weighted by Crippen LogP contribution is -2.22. The third-order valence-corrected chi connectivity index (χ3v) is 3.19. The van der Waals surface area contributed by atoms with Gasteiger partial charge in [-0.3, -0.25) is 4.79 Å². The average molecular weight is 296 g/mol. The summed E-state index contributed by atoms with van der Waals surface area (Å²) in [5.74, 6) is -0.509. The zero-order valence-corrected chi connectivity index (χ0v) is 11.6. The van der Waals surface area contributed by atoms with Crippen LogP contribution in [0.2, 0.25) is 0 Å². The summed E-state index contributed by atoms with van der Waals surface area (Å²) < 4.78 is 18.0. The third-order valence-electron chi connectivity index (χ3n) is 3.19. The highest BCUT2D eigenvalue weighted by Crippen LogP contribution is 2.21. The first-order chi connectivity index (χ1) is 10.7. The quantitative estimate of drug-likeness (QED) is 0.802. The molecule has 1 heterocycles. The fraction of sp³-hybridized carbons (Fsp3) is 0.0588. The van der Waals surface area contributed by atoms with Gasteiger partial charge in [0.15, 0.2) is 6.39 Å². The van der Waals surface area contributed by atoms with Gasteiger partial charge in [-0.25, -0.2) is 9.37 Å². The van der Waals surface area contributed by atoms with Crippen LogP contribution >= 0.6 is 0 Å². The van der Waals surface area contributed by atoms with Crippen molar-refractivity contribution >= 4 is 5.91 Å². The molecule has 3 rings (SSSR count). The highest BCUT2D eigenvalue weighted by molar-refractivity contribution is 5.97. The SMILES string of the molecule is O=C(NCc1ccc(F)cc1)c1ocnc1-c1ccccc1. The molecule has 0 radical (unpaired) electrons. The van der Waals surface area contributed by atoms with Crippen LogP contribution in [-0.4, -0.2) is 10.9 Å². The standard InChI is InChI=1S/C17H13FN2O2/c18-14-8-6-12(7-9-14)10-19-17(21)16-15(20-11-22-16)13-4-2-1-3-5-13/h1-9,11H,10H2,(H,19,21). The number of aromatic nitrogens is 1. The van der Waals surface area contributed by atoms with Crippen molar-refractivity contribution in [3.8, 4) is 11.3 Å². The minimum Gasteiger partial charge on any atom is -0.438 e. The van der Waals surface area contributed by atoms with Gasteiger partial charge in [0.25, 0.3) is 5.91 Å². The van der Waals surface area contributed by atoms with E-state index in [4.69, 9.17) is 4.42 Å². The number of hydrogen-bond acceptors (Lipinski definition) is 3. The summed E-state index contributed by atoms with van der Waals surface area (Å²) in [6, 6.07) is 15.3. The molecule has 0 atom stereocenters. The molecule has 2 aromatic carbocycles. The Hall–Kier alpha value is -2.95. The van der Waals surface area contributed by atoms with E-state index >= 15 is 0 Å². The highest BCUT2D eigenvalue weighted by atomic mass is 19.1. The molecule has 1 amide bonds. The molecule has 0 aliphatic heterocycles. The number of nitrogens with zero attached hydrogens (tertiary/aromatic N) is 1. The Morgan fingerprint density at radius 3 is 2.55 bits per heavy atom. The normalized spacial score (nSPS) is 10.4. The first kappa shape index (κ1) is 14.0. The molecule has 110 valence electrons. The summed E-state index contributed by atoms with van der Waals surface area (Å²) in [5, 5.41) is 2.74. The molecule has 0 unspecified atom stereocenters. The van der Waals surface area contributed by atoms with E-state index in [0.29, 0.717) is 5.69 Å². The Morgan fingerprint density at radius 2 is 1.82 bits per heavy atom. The van der Waals surface area contributed by atoms with Crippen molar-refractivity contribution < 1.29 is 13.6 Å². The van der Waals surface area contributed by atoms with Crippen molar-refractivity contribution in [1.82, 2.24) is 10.3 Å². The molecule has 0 bridgehead atoms. The number of nitrogens with one attached hydrogen (secondary N) is 1. The summed E-state index contributed by atoms with van der Waals surface area (Å²) in [6.07, 6.45) is 1.25. The summed E-state index contributed by atoms with van der Waals surface area (Å²) in [7, 11) is 0. The van der Waals surface area contributed by atoms with Crippen molar-refractivity contribution in [2.45, 2.75) is 6.54 Å². The van der Waals surface area contributed by atoms with Crippen molar-refractivity contribution in [1.29, 1.82) is 0 Å². The number of carbonyl (C=O) groups is 1. The van der Waals surface area contributed by atoms with E-state index in [9.17, 15) is 9.18 Å². The number of halogens is 1. The zero-order chi connectivity index (χ0) is 15.4. The van der Waals surface area contributed by atoms with Crippen LogP contribution in [0.5, 0.6) is 0 Å². The monoisotopic (exact) mass is 296 g/mol. The maximum atomic E-state index is 12.8. The Morgan fingerprint density at radius 1 is 1.09 bits per heavy atom. The van der Waals surface area contributed by atoms with Gasteiger partial charge < -0.3 is 9.73 Å². The largest absolute Gasteiger partial charge is 0.438 e. The van der Waals surface area contributed by atoms with Crippen molar-refractivity contribution in [2.75, 3.05) is 0 Å². The van der Waals surface area contributed by atoms with Gasteiger partial charge in [0.05, 0.1) is 0 Å². The van der Waals surface area contributed by atoms with Gasteiger partial charge in [0.1, 0.15) is 11.5 Å². The minimum absolute atomic E-state index is 0.160. The maximum Gasteiger partial charge on any atom is 0.289 e. The first-order valence-corrected chi connectivity index (χ1v) is 6.75. The van der Waals surface area contributed by atoms with Gasteiger partial charge in [0.2, 0.25) is 5.76 Å². The molecule has 5 heteroatoms. The van der Waals surface area contributed by atoms with Crippen LogP contribution in [0.1, 0.15) is 16.1 Å². The van der Waals surface area contributed by atoms with E-state index in [0.717, 1.165) is 11.1 Å². The van der Waals surface area contributed by atoms with Crippen molar-refractivity contribution in [3.05, 3.63) is 78.1 Å². The predicted octanol–water partition coefficient (Wildman–Crippen LogP) is 3.41. The minimum atomic E-state index is -0.360. The molecule has 3 aromatic rings. The van der Waals surface area contributed by atoms with Gasteiger partial charge in [-0.05, 0) is 17.7 Å². The second kappa shape index (κ2) is 6.22. The van der Waals surface area contributed by atoms with E-state index in [1.165, 1.54) is 18.5 Å². The summed E-state index contributed by atoms with van der Waals surface area (Å²) in [4.78, 5) is 16.3. The topological polar surface area (TPSA) is 55.1 Å². The third kappa shape index (κ3) is 3.03. The van der Waals surface area contributed by atoms with Gasteiger partial charge in [-0.1, -0.05) is 42.5 Å². The lowest BCUT2D eigenvalue weighted by Gasteiger charge is -2.05. The van der Waals surface area contributed by atoms with Crippen LogP contribution < -0.4 is 5.32 Å². The summed E-state index contributed by atoms with van der Waals surface area (Å²) >= 11 is 0. The highest BCUT2D eigenvalue weighted by Gasteiger charge is 2.17. The Labute approximate surface area is 126 Å². The Balaban J connectivity index is 1.73. The Kier molecular flexibility index (Phi) is 3.96. The fourth-order valence-corrected chi connectivity index (χ4v) is 2.07. The van der Waals surface area contributed by atoms with Crippen LogP contribution in [-0.2, 0) is 6.54 Å². The molecular weight excluding hydrogens is 283 g/mol. The maximum absolute atomic E-state index is 12.8. The molecule has 0 aliphatic rings. The number of carbonyl (C=O) groups excluding carboxylic acids is 1. The zero-order valence-electron chi connectivity index (χ0n) is 11.6. The molecule has 1 aromatic heterocycles. The molecule has 4 nitrogen and oxygen atoms in total. The lowest BCUT2D eigenvalue weighted by molar-refractivity contribution is 0.0924. The van der Waals surface area contributed by atoms with Gasteiger partial charge in [-0.15, -0.1) is 0 Å². The molecule has 0 saturated carbocycles. The predicted molar refractivity (Wildman–Crippen MR) is 79.5 cm³/mol. The van der Waals surface area contributed by atoms with E-state index in [1.807, 2.05) is 30.3 Å². The summed E-state index contributed by atoms with van der Waals surface area (Å²) in [6.45, 7) is 0.286. The van der Waals surface area contributed by atoms with Crippen molar-refractivity contribution in [3.63, 3.8) is 0 Å². The summed E-state index contributed by atoms with van der Waals surface area (Å²) in [5.41, 5.74) is 2.11. The number of amides is 1. The van der Waals surface area contributed by atoms with E-state index < -0.39 is 0 Å². The molecule has 0 aliphatic carbocycles. The van der Waals surface area contributed by atoms with E-state index in [2.05, 4.69) is 10.3 Å². The fourth-order valence-electron chi connectivity index (χ4n) is 2.07. The first-order valence-electron chi connectivity index (χ1n) is 6.75.